The van der Waals surface area contributed by atoms with E-state index in [1.165, 1.54) is 23.2 Å². The van der Waals surface area contributed by atoms with Crippen molar-refractivity contribution in [2.45, 2.75) is 39.7 Å². The predicted molar refractivity (Wildman–Crippen MR) is 74.8 cm³/mol. The highest BCUT2D eigenvalue weighted by Crippen LogP contribution is 2.23. The van der Waals surface area contributed by atoms with E-state index in [-0.39, 0.29) is 5.54 Å². The number of benzene rings is 1. The summed E-state index contributed by atoms with van der Waals surface area (Å²) in [6.07, 6.45) is 1.17. The van der Waals surface area contributed by atoms with Gasteiger partial charge in [-0.25, -0.2) is 0 Å². The van der Waals surface area contributed by atoms with E-state index in [4.69, 9.17) is 0 Å². The van der Waals surface area contributed by atoms with Crippen molar-refractivity contribution in [3.05, 3.63) is 29.3 Å². The summed E-state index contributed by atoms with van der Waals surface area (Å²) in [6, 6.07) is 6.80. The van der Waals surface area contributed by atoms with Crippen molar-refractivity contribution in [1.29, 1.82) is 0 Å². The van der Waals surface area contributed by atoms with Crippen molar-refractivity contribution in [2.75, 3.05) is 24.5 Å². The third kappa shape index (κ3) is 2.63. The Hall–Kier alpha value is -1.02. The molecule has 0 bridgehead atoms. The molecule has 0 saturated carbocycles. The Balaban J connectivity index is 2.19. The maximum absolute atomic E-state index is 3.63. The van der Waals surface area contributed by atoms with Gasteiger partial charge >= 0.3 is 0 Å². The molecule has 1 aromatic rings. The Kier molecular flexibility index (Phi) is 3.43. The Morgan fingerprint density at radius 2 is 2.06 bits per heavy atom. The summed E-state index contributed by atoms with van der Waals surface area (Å²) in [5, 5.41) is 3.63. The summed E-state index contributed by atoms with van der Waals surface area (Å²) in [5.41, 5.74) is 4.40. The van der Waals surface area contributed by atoms with Crippen LogP contribution in [0.25, 0.3) is 0 Å². The van der Waals surface area contributed by atoms with Gasteiger partial charge in [0.2, 0.25) is 0 Å². The topological polar surface area (TPSA) is 15.3 Å². The average molecular weight is 232 g/mol. The molecule has 1 atom stereocenters. The van der Waals surface area contributed by atoms with Gasteiger partial charge in [-0.3, -0.25) is 0 Å². The van der Waals surface area contributed by atoms with E-state index in [0.717, 1.165) is 19.6 Å². The predicted octanol–water partition coefficient (Wildman–Crippen LogP) is 2.88. The van der Waals surface area contributed by atoms with Crippen molar-refractivity contribution in [3.8, 4) is 0 Å². The van der Waals surface area contributed by atoms with E-state index >= 15 is 0 Å². The van der Waals surface area contributed by atoms with Gasteiger partial charge in [0.1, 0.15) is 0 Å². The van der Waals surface area contributed by atoms with E-state index in [2.05, 4.69) is 56.1 Å². The number of anilines is 1. The van der Waals surface area contributed by atoms with E-state index in [0.29, 0.717) is 0 Å². The lowest BCUT2D eigenvalue weighted by atomic mass is 9.95. The maximum Gasteiger partial charge on any atom is 0.0370 e. The summed E-state index contributed by atoms with van der Waals surface area (Å²) < 4.78 is 0. The van der Waals surface area contributed by atoms with Crippen LogP contribution in [0.4, 0.5) is 5.69 Å². The molecule has 1 aliphatic heterocycles. The van der Waals surface area contributed by atoms with Gasteiger partial charge in [-0.05, 0) is 50.5 Å². The minimum absolute atomic E-state index is 0.261. The second-order valence-electron chi connectivity index (χ2n) is 5.53. The van der Waals surface area contributed by atoms with Crippen LogP contribution in [0.3, 0.4) is 0 Å². The van der Waals surface area contributed by atoms with Crippen molar-refractivity contribution in [1.82, 2.24) is 5.32 Å². The van der Waals surface area contributed by atoms with Crippen LogP contribution >= 0.6 is 0 Å². The molecule has 0 spiro atoms. The Morgan fingerprint density at radius 1 is 1.29 bits per heavy atom. The molecule has 94 valence electrons. The summed E-state index contributed by atoms with van der Waals surface area (Å²) in [4.78, 5) is 2.51. The number of hydrogen-bond donors (Lipinski definition) is 1. The molecule has 1 aromatic carbocycles. The summed E-state index contributed by atoms with van der Waals surface area (Å²) in [6.45, 7) is 12.2. The molecule has 0 aliphatic carbocycles. The lowest BCUT2D eigenvalue weighted by Crippen LogP contribution is -2.58. The van der Waals surface area contributed by atoms with Gasteiger partial charge in [0.05, 0.1) is 0 Å². The van der Waals surface area contributed by atoms with Gasteiger partial charge in [-0.1, -0.05) is 13.0 Å². The molecule has 0 aromatic heterocycles. The number of nitrogens with zero attached hydrogens (tertiary/aromatic N) is 1. The smallest absolute Gasteiger partial charge is 0.0370 e. The molecule has 2 heteroatoms. The van der Waals surface area contributed by atoms with Crippen LogP contribution < -0.4 is 10.2 Å². The maximum atomic E-state index is 3.63. The van der Waals surface area contributed by atoms with Gasteiger partial charge in [-0.15, -0.1) is 0 Å². The Labute approximate surface area is 105 Å². The van der Waals surface area contributed by atoms with Crippen LogP contribution in [0.2, 0.25) is 0 Å². The lowest BCUT2D eigenvalue weighted by molar-refractivity contribution is 0.314. The Bertz CT molecular complexity index is 400. The molecule has 2 rings (SSSR count). The highest BCUT2D eigenvalue weighted by atomic mass is 15.2. The first-order valence-corrected chi connectivity index (χ1v) is 6.61. The zero-order valence-electron chi connectivity index (χ0n) is 11.5. The molecule has 1 saturated heterocycles. The van der Waals surface area contributed by atoms with Gasteiger partial charge in [0.25, 0.3) is 0 Å². The van der Waals surface area contributed by atoms with Crippen molar-refractivity contribution in [3.63, 3.8) is 0 Å². The Morgan fingerprint density at radius 3 is 2.71 bits per heavy atom. The molecule has 0 radical (unpaired) electrons. The van der Waals surface area contributed by atoms with Crippen LogP contribution in [0.5, 0.6) is 0 Å². The standard InChI is InChI=1S/C15H24N2/c1-5-15(4)11-17(9-8-16-15)14-7-6-12(2)13(3)10-14/h6-7,10,16H,5,8-9,11H2,1-4H3. The van der Waals surface area contributed by atoms with Crippen LogP contribution in [-0.4, -0.2) is 25.2 Å². The fourth-order valence-electron chi connectivity index (χ4n) is 2.43. The van der Waals surface area contributed by atoms with Crippen molar-refractivity contribution >= 4 is 5.69 Å². The largest absolute Gasteiger partial charge is 0.368 e. The van der Waals surface area contributed by atoms with E-state index in [1.54, 1.807) is 0 Å². The van der Waals surface area contributed by atoms with Gasteiger partial charge in [0, 0.05) is 30.9 Å². The molecule has 17 heavy (non-hydrogen) atoms. The zero-order chi connectivity index (χ0) is 12.5. The van der Waals surface area contributed by atoms with E-state index in [1.807, 2.05) is 0 Å². The van der Waals surface area contributed by atoms with Crippen molar-refractivity contribution < 1.29 is 0 Å². The molecule has 1 fully saturated rings. The number of aryl methyl sites for hydroxylation is 2. The number of rotatable bonds is 2. The van der Waals surface area contributed by atoms with Gasteiger partial charge in [-0.2, -0.15) is 0 Å². The average Bonchev–Trinajstić information content (AvgIpc) is 2.33. The fourth-order valence-corrected chi connectivity index (χ4v) is 2.43. The molecule has 2 nitrogen and oxygen atoms in total. The number of nitrogens with one attached hydrogen (secondary N) is 1. The molecular formula is C15H24N2. The lowest BCUT2D eigenvalue weighted by Gasteiger charge is -2.42. The van der Waals surface area contributed by atoms with Crippen molar-refractivity contribution in [2.24, 2.45) is 0 Å². The molecule has 0 amide bonds. The van der Waals surface area contributed by atoms with Crippen LogP contribution in [0.1, 0.15) is 31.4 Å². The molecule has 1 unspecified atom stereocenters. The third-order valence-corrected chi connectivity index (χ3v) is 4.11. The monoisotopic (exact) mass is 232 g/mol. The molecule has 1 N–H and O–H groups in total. The second-order valence-corrected chi connectivity index (χ2v) is 5.53. The minimum Gasteiger partial charge on any atom is -0.368 e. The highest BCUT2D eigenvalue weighted by Gasteiger charge is 2.28. The zero-order valence-corrected chi connectivity index (χ0v) is 11.5. The van der Waals surface area contributed by atoms with E-state index < -0.39 is 0 Å². The minimum atomic E-state index is 0.261. The summed E-state index contributed by atoms with van der Waals surface area (Å²) in [5.74, 6) is 0. The van der Waals surface area contributed by atoms with Gasteiger partial charge < -0.3 is 10.2 Å². The molecule has 1 aliphatic rings. The normalized spacial score (nSPS) is 25.1. The SMILES string of the molecule is CCC1(C)CN(c2ccc(C)c(C)c2)CCN1. The fraction of sp³-hybridized carbons (Fsp3) is 0.600. The first-order chi connectivity index (χ1) is 8.04. The van der Waals surface area contributed by atoms with Crippen LogP contribution in [-0.2, 0) is 0 Å². The number of piperazine rings is 1. The van der Waals surface area contributed by atoms with Gasteiger partial charge in [0.15, 0.2) is 0 Å². The molecule has 1 heterocycles. The first kappa shape index (κ1) is 12.4. The summed E-state index contributed by atoms with van der Waals surface area (Å²) in [7, 11) is 0. The van der Waals surface area contributed by atoms with Crippen LogP contribution in [0, 0.1) is 13.8 Å². The summed E-state index contributed by atoms with van der Waals surface area (Å²) >= 11 is 0. The third-order valence-electron chi connectivity index (χ3n) is 4.11. The first-order valence-electron chi connectivity index (χ1n) is 6.61. The van der Waals surface area contributed by atoms with Crippen LogP contribution in [0.15, 0.2) is 18.2 Å². The highest BCUT2D eigenvalue weighted by molar-refractivity contribution is 5.51. The number of hydrogen-bond acceptors (Lipinski definition) is 2. The second kappa shape index (κ2) is 4.69. The van der Waals surface area contributed by atoms with E-state index in [9.17, 15) is 0 Å². The molecular weight excluding hydrogens is 208 g/mol. The quantitative estimate of drug-likeness (QED) is 0.843.